The lowest BCUT2D eigenvalue weighted by molar-refractivity contribution is -0.133. The van der Waals surface area contributed by atoms with Crippen molar-refractivity contribution in [1.29, 1.82) is 0 Å². The van der Waals surface area contributed by atoms with Crippen LogP contribution >= 0.6 is 0 Å². The van der Waals surface area contributed by atoms with Gasteiger partial charge in [0, 0.05) is 44.7 Å². The molecule has 3 fully saturated rings. The monoisotopic (exact) mass is 315 g/mol. The number of amides is 1. The summed E-state index contributed by atoms with van der Waals surface area (Å²) in [7, 11) is 0. The van der Waals surface area contributed by atoms with Crippen molar-refractivity contribution in [2.45, 2.75) is 56.8 Å². The summed E-state index contributed by atoms with van der Waals surface area (Å²) in [6.07, 6.45) is 9.54. The Morgan fingerprint density at radius 3 is 2.91 bits per heavy atom. The molecule has 5 heteroatoms. The summed E-state index contributed by atoms with van der Waals surface area (Å²) >= 11 is 0. The molecule has 0 spiro atoms. The van der Waals surface area contributed by atoms with Crippen LogP contribution in [0.5, 0.6) is 0 Å². The van der Waals surface area contributed by atoms with E-state index in [9.17, 15) is 4.79 Å². The molecule has 1 aromatic heterocycles. The first-order valence-electron chi connectivity index (χ1n) is 8.86. The normalized spacial score (nSPS) is 28.0. The van der Waals surface area contributed by atoms with Crippen LogP contribution < -0.4 is 0 Å². The number of carbonyl (C=O) groups excluding carboxylic acids is 1. The molecule has 2 atom stereocenters. The number of aromatic nitrogens is 1. The summed E-state index contributed by atoms with van der Waals surface area (Å²) < 4.78 is 5.82. The van der Waals surface area contributed by atoms with E-state index in [4.69, 9.17) is 4.74 Å². The Labute approximate surface area is 137 Å². The minimum Gasteiger partial charge on any atom is -0.377 e. The van der Waals surface area contributed by atoms with Crippen LogP contribution in [0.1, 0.15) is 37.7 Å². The van der Waals surface area contributed by atoms with Gasteiger partial charge in [-0.05, 0) is 43.7 Å². The summed E-state index contributed by atoms with van der Waals surface area (Å²) in [5.41, 5.74) is 1.17. The summed E-state index contributed by atoms with van der Waals surface area (Å²) in [5.74, 6) is 0.328. The predicted molar refractivity (Wildman–Crippen MR) is 86.8 cm³/mol. The Morgan fingerprint density at radius 1 is 1.30 bits per heavy atom. The number of carbonyl (C=O) groups is 1. The van der Waals surface area contributed by atoms with Gasteiger partial charge in [-0.15, -0.1) is 0 Å². The standard InChI is InChI=1S/C18H25N3O2/c22-18-17(7-9-21(18)15-5-6-15)20(13-16-4-2-10-23-16)12-14-3-1-8-19-11-14/h1,3,8,11,15-17H,2,4-7,9-10,12-13H2/t16-,17-/m0/s1. The van der Waals surface area contributed by atoms with Crippen LogP contribution in [0, 0.1) is 0 Å². The van der Waals surface area contributed by atoms with Gasteiger partial charge in [-0.3, -0.25) is 14.7 Å². The average Bonchev–Trinajstić information content (AvgIpc) is 3.14. The Kier molecular flexibility index (Phi) is 4.31. The highest BCUT2D eigenvalue weighted by Gasteiger charge is 2.43. The number of ether oxygens (including phenoxy) is 1. The number of likely N-dealkylation sites (tertiary alicyclic amines) is 1. The maximum absolute atomic E-state index is 12.8. The highest BCUT2D eigenvalue weighted by molar-refractivity contribution is 5.84. The maximum atomic E-state index is 12.8. The molecule has 4 rings (SSSR count). The summed E-state index contributed by atoms with van der Waals surface area (Å²) in [6.45, 7) is 3.41. The molecule has 5 nitrogen and oxygen atoms in total. The first kappa shape index (κ1) is 15.1. The largest absolute Gasteiger partial charge is 0.377 e. The molecule has 3 aliphatic rings. The Balaban J connectivity index is 1.48. The van der Waals surface area contributed by atoms with Crippen LogP contribution in [-0.4, -0.2) is 58.6 Å². The number of hydrogen-bond acceptors (Lipinski definition) is 4. The summed E-state index contributed by atoms with van der Waals surface area (Å²) in [5, 5.41) is 0. The van der Waals surface area contributed by atoms with Crippen LogP contribution in [0.3, 0.4) is 0 Å². The third kappa shape index (κ3) is 3.40. The average molecular weight is 315 g/mol. The van der Waals surface area contributed by atoms with Gasteiger partial charge in [0.15, 0.2) is 0 Å². The molecule has 124 valence electrons. The number of hydrogen-bond donors (Lipinski definition) is 0. The van der Waals surface area contributed by atoms with Crippen molar-refractivity contribution in [2.24, 2.45) is 0 Å². The molecule has 1 aliphatic carbocycles. The molecule has 1 saturated carbocycles. The third-order valence-corrected chi connectivity index (χ3v) is 5.21. The quantitative estimate of drug-likeness (QED) is 0.803. The first-order valence-corrected chi connectivity index (χ1v) is 8.86. The zero-order valence-electron chi connectivity index (χ0n) is 13.6. The van der Waals surface area contributed by atoms with Gasteiger partial charge in [0.05, 0.1) is 12.1 Å². The van der Waals surface area contributed by atoms with Crippen molar-refractivity contribution in [3.05, 3.63) is 30.1 Å². The first-order chi connectivity index (χ1) is 11.3. The van der Waals surface area contributed by atoms with Crippen molar-refractivity contribution in [2.75, 3.05) is 19.7 Å². The van der Waals surface area contributed by atoms with Gasteiger partial charge in [-0.25, -0.2) is 0 Å². The molecule has 2 aliphatic heterocycles. The second-order valence-corrected chi connectivity index (χ2v) is 6.99. The number of pyridine rings is 1. The molecule has 0 N–H and O–H groups in total. The lowest BCUT2D eigenvalue weighted by Crippen LogP contribution is -2.45. The summed E-state index contributed by atoms with van der Waals surface area (Å²) in [4.78, 5) is 21.5. The fourth-order valence-corrected chi connectivity index (χ4v) is 3.85. The summed E-state index contributed by atoms with van der Waals surface area (Å²) in [6, 6.07) is 4.59. The maximum Gasteiger partial charge on any atom is 0.240 e. The van der Waals surface area contributed by atoms with Crippen molar-refractivity contribution in [1.82, 2.24) is 14.8 Å². The Bertz CT molecular complexity index is 540. The minimum absolute atomic E-state index is 0.0139. The lowest BCUT2D eigenvalue weighted by Gasteiger charge is -2.30. The fraction of sp³-hybridized carbons (Fsp3) is 0.667. The van der Waals surface area contributed by atoms with E-state index in [2.05, 4.69) is 20.9 Å². The molecule has 1 aromatic rings. The molecular weight excluding hydrogens is 290 g/mol. The lowest BCUT2D eigenvalue weighted by atomic mass is 10.1. The third-order valence-electron chi connectivity index (χ3n) is 5.21. The predicted octanol–water partition coefficient (Wildman–Crippen LogP) is 1.83. The van der Waals surface area contributed by atoms with E-state index >= 15 is 0 Å². The molecule has 23 heavy (non-hydrogen) atoms. The molecule has 0 unspecified atom stereocenters. The van der Waals surface area contributed by atoms with Crippen LogP contribution in [-0.2, 0) is 16.1 Å². The van der Waals surface area contributed by atoms with Crippen molar-refractivity contribution in [3.63, 3.8) is 0 Å². The van der Waals surface area contributed by atoms with E-state index in [1.807, 2.05) is 12.3 Å². The molecule has 3 heterocycles. The second-order valence-electron chi connectivity index (χ2n) is 6.99. The molecule has 1 amide bonds. The highest BCUT2D eigenvalue weighted by atomic mass is 16.5. The zero-order valence-corrected chi connectivity index (χ0v) is 13.6. The minimum atomic E-state index is 0.0139. The van der Waals surface area contributed by atoms with Crippen molar-refractivity contribution < 1.29 is 9.53 Å². The SMILES string of the molecule is O=C1[C@@H](N(Cc2cccnc2)C[C@@H]2CCCO2)CCN1C1CC1. The van der Waals surface area contributed by atoms with Gasteiger partial charge >= 0.3 is 0 Å². The van der Waals surface area contributed by atoms with Crippen LogP contribution in [0.25, 0.3) is 0 Å². The number of rotatable bonds is 6. The van der Waals surface area contributed by atoms with E-state index in [-0.39, 0.29) is 12.1 Å². The zero-order chi connectivity index (χ0) is 15.6. The van der Waals surface area contributed by atoms with Gasteiger partial charge < -0.3 is 9.64 Å². The van der Waals surface area contributed by atoms with Gasteiger partial charge in [-0.2, -0.15) is 0 Å². The van der Waals surface area contributed by atoms with E-state index in [1.54, 1.807) is 6.20 Å². The van der Waals surface area contributed by atoms with Crippen molar-refractivity contribution >= 4 is 5.91 Å². The fourth-order valence-electron chi connectivity index (χ4n) is 3.85. The van der Waals surface area contributed by atoms with E-state index in [0.717, 1.165) is 45.5 Å². The van der Waals surface area contributed by atoms with Crippen LogP contribution in [0.2, 0.25) is 0 Å². The molecule has 0 aromatic carbocycles. The molecular formula is C18H25N3O2. The van der Waals surface area contributed by atoms with Gasteiger partial charge in [0.1, 0.15) is 0 Å². The van der Waals surface area contributed by atoms with E-state index in [0.29, 0.717) is 11.9 Å². The smallest absolute Gasteiger partial charge is 0.240 e. The molecule has 0 radical (unpaired) electrons. The Morgan fingerprint density at radius 2 is 2.22 bits per heavy atom. The topological polar surface area (TPSA) is 45.7 Å². The Hall–Kier alpha value is -1.46. The highest BCUT2D eigenvalue weighted by Crippen LogP contribution is 2.32. The van der Waals surface area contributed by atoms with Crippen LogP contribution in [0.4, 0.5) is 0 Å². The van der Waals surface area contributed by atoms with Crippen LogP contribution in [0.15, 0.2) is 24.5 Å². The van der Waals surface area contributed by atoms with Gasteiger partial charge in [0.2, 0.25) is 5.91 Å². The van der Waals surface area contributed by atoms with Crippen molar-refractivity contribution in [3.8, 4) is 0 Å². The van der Waals surface area contributed by atoms with E-state index < -0.39 is 0 Å². The second kappa shape index (κ2) is 6.57. The van der Waals surface area contributed by atoms with Gasteiger partial charge in [0.25, 0.3) is 0 Å². The molecule has 2 saturated heterocycles. The van der Waals surface area contributed by atoms with Gasteiger partial charge in [-0.1, -0.05) is 6.07 Å². The molecule has 0 bridgehead atoms. The van der Waals surface area contributed by atoms with E-state index in [1.165, 1.54) is 18.4 Å². The number of nitrogens with zero attached hydrogens (tertiary/aromatic N) is 3.